The first kappa shape index (κ1) is 18.1. The van der Waals surface area contributed by atoms with Crippen molar-refractivity contribution in [1.82, 2.24) is 14.9 Å². The molecule has 2 N–H and O–H groups in total. The first-order valence-corrected chi connectivity index (χ1v) is 8.52. The van der Waals surface area contributed by atoms with Crippen LogP contribution in [0, 0.1) is 6.92 Å². The molecule has 3 aromatic rings. The zero-order chi connectivity index (χ0) is 18.7. The van der Waals surface area contributed by atoms with Crippen LogP contribution < -0.4 is 10.9 Å². The van der Waals surface area contributed by atoms with Gasteiger partial charge in [-0.15, -0.1) is 0 Å². The molecule has 0 fully saturated rings. The minimum atomic E-state index is -0.182. The molecule has 1 heterocycles. The molecule has 3 rings (SSSR count). The predicted octanol–water partition coefficient (Wildman–Crippen LogP) is 2.96. The smallest absolute Gasteiger partial charge is 0.258 e. The van der Waals surface area contributed by atoms with Crippen LogP contribution in [0.15, 0.2) is 47.3 Å². The Morgan fingerprint density at radius 2 is 2.04 bits per heavy atom. The first-order chi connectivity index (χ1) is 12.4. The predicted molar refractivity (Wildman–Crippen MR) is 104 cm³/mol. The number of hydrogen-bond acceptors (Lipinski definition) is 4. The van der Waals surface area contributed by atoms with Crippen LogP contribution in [0.3, 0.4) is 0 Å². The van der Waals surface area contributed by atoms with Crippen molar-refractivity contribution in [3.8, 4) is 0 Å². The van der Waals surface area contributed by atoms with Gasteiger partial charge in [0.2, 0.25) is 5.91 Å². The zero-order valence-electron chi connectivity index (χ0n) is 14.5. The molecule has 0 aliphatic rings. The van der Waals surface area contributed by atoms with Gasteiger partial charge in [0.25, 0.3) is 5.56 Å². The maximum Gasteiger partial charge on any atom is 0.258 e. The van der Waals surface area contributed by atoms with Gasteiger partial charge in [0, 0.05) is 10.7 Å². The quantitative estimate of drug-likeness (QED) is 0.723. The number of nitrogens with one attached hydrogen (secondary N) is 2. The number of carbonyl (C=O) groups is 1. The highest BCUT2D eigenvalue weighted by atomic mass is 35.5. The van der Waals surface area contributed by atoms with Crippen LogP contribution in [-0.4, -0.2) is 34.4 Å². The Morgan fingerprint density at radius 3 is 2.85 bits per heavy atom. The molecule has 0 unspecified atom stereocenters. The lowest BCUT2D eigenvalue weighted by Crippen LogP contribution is -2.31. The summed E-state index contributed by atoms with van der Waals surface area (Å²) >= 11 is 5.97. The van der Waals surface area contributed by atoms with Crippen molar-refractivity contribution in [3.63, 3.8) is 0 Å². The molecule has 0 radical (unpaired) electrons. The van der Waals surface area contributed by atoms with E-state index in [1.807, 2.05) is 19.1 Å². The summed E-state index contributed by atoms with van der Waals surface area (Å²) in [5.41, 5.74) is 2.08. The number of carbonyl (C=O) groups excluding carboxylic acids is 1. The van der Waals surface area contributed by atoms with Gasteiger partial charge in [-0.3, -0.25) is 14.5 Å². The third-order valence-corrected chi connectivity index (χ3v) is 4.20. The maximum atomic E-state index is 12.3. The molecule has 2 aromatic carbocycles. The monoisotopic (exact) mass is 370 g/mol. The Bertz CT molecular complexity index is 1020. The topological polar surface area (TPSA) is 78.1 Å². The summed E-state index contributed by atoms with van der Waals surface area (Å²) in [4.78, 5) is 33.4. The van der Waals surface area contributed by atoms with E-state index < -0.39 is 0 Å². The second-order valence-electron chi connectivity index (χ2n) is 6.21. The molecule has 1 amide bonds. The van der Waals surface area contributed by atoms with E-state index >= 15 is 0 Å². The van der Waals surface area contributed by atoms with E-state index in [0.717, 1.165) is 5.56 Å². The summed E-state index contributed by atoms with van der Waals surface area (Å²) < 4.78 is 0. The number of aromatic nitrogens is 2. The third kappa shape index (κ3) is 4.28. The maximum absolute atomic E-state index is 12.3. The van der Waals surface area contributed by atoms with E-state index in [1.54, 1.807) is 42.3 Å². The number of fused-ring (bicyclic) bond motifs is 1. The molecule has 0 saturated heterocycles. The molecule has 6 nitrogen and oxygen atoms in total. The van der Waals surface area contributed by atoms with Gasteiger partial charge in [-0.05, 0) is 43.8 Å². The van der Waals surface area contributed by atoms with E-state index in [1.165, 1.54) is 0 Å². The summed E-state index contributed by atoms with van der Waals surface area (Å²) in [7, 11) is 1.79. The number of nitrogens with zero attached hydrogens (tertiary/aromatic N) is 2. The van der Waals surface area contributed by atoms with E-state index in [0.29, 0.717) is 34.0 Å². The number of halogens is 1. The van der Waals surface area contributed by atoms with E-state index in [2.05, 4.69) is 15.3 Å². The minimum Gasteiger partial charge on any atom is -0.325 e. The van der Waals surface area contributed by atoms with Crippen LogP contribution in [0.5, 0.6) is 0 Å². The molecular weight excluding hydrogens is 352 g/mol. The molecule has 0 spiro atoms. The Hall–Kier alpha value is -2.70. The standard InChI is InChI=1S/C19H19ClN4O2/c1-12-7-8-13(20)9-16(12)22-18(25)11-24(2)10-17-21-15-6-4-3-5-14(15)19(26)23-17/h3-9H,10-11H2,1-2H3,(H,22,25)(H,21,23,26). The Labute approximate surface area is 155 Å². The highest BCUT2D eigenvalue weighted by molar-refractivity contribution is 6.31. The summed E-state index contributed by atoms with van der Waals surface area (Å²) in [6.45, 7) is 2.41. The van der Waals surface area contributed by atoms with Crippen molar-refractivity contribution >= 4 is 34.1 Å². The van der Waals surface area contributed by atoms with Crippen LogP contribution in [0.2, 0.25) is 5.02 Å². The second kappa shape index (κ2) is 7.68. The number of amides is 1. The fourth-order valence-electron chi connectivity index (χ4n) is 2.69. The third-order valence-electron chi connectivity index (χ3n) is 3.97. The average molecular weight is 371 g/mol. The van der Waals surface area contributed by atoms with Crippen LogP contribution in [-0.2, 0) is 11.3 Å². The van der Waals surface area contributed by atoms with Crippen molar-refractivity contribution in [2.24, 2.45) is 0 Å². The SMILES string of the molecule is Cc1ccc(Cl)cc1NC(=O)CN(C)Cc1nc2ccccc2c(=O)[nH]1. The summed E-state index contributed by atoms with van der Waals surface area (Å²) in [6, 6.07) is 12.5. The van der Waals surface area contributed by atoms with Crippen LogP contribution in [0.1, 0.15) is 11.4 Å². The number of rotatable bonds is 5. The van der Waals surface area contributed by atoms with Gasteiger partial charge < -0.3 is 10.3 Å². The first-order valence-electron chi connectivity index (χ1n) is 8.15. The Balaban J connectivity index is 1.67. The van der Waals surface area contributed by atoms with Crippen LogP contribution in [0.4, 0.5) is 5.69 Å². The summed E-state index contributed by atoms with van der Waals surface area (Å²) in [6.07, 6.45) is 0. The lowest BCUT2D eigenvalue weighted by Gasteiger charge is -2.16. The van der Waals surface area contributed by atoms with Gasteiger partial charge >= 0.3 is 0 Å². The lowest BCUT2D eigenvalue weighted by atomic mass is 10.2. The Kier molecular flexibility index (Phi) is 5.35. The van der Waals surface area contributed by atoms with E-state index in [-0.39, 0.29) is 18.0 Å². The van der Waals surface area contributed by atoms with Gasteiger partial charge in [0.15, 0.2) is 0 Å². The van der Waals surface area contributed by atoms with Gasteiger partial charge in [0.05, 0.1) is 24.0 Å². The van der Waals surface area contributed by atoms with Crippen molar-refractivity contribution < 1.29 is 4.79 Å². The largest absolute Gasteiger partial charge is 0.325 e. The summed E-state index contributed by atoms with van der Waals surface area (Å²) in [5, 5.41) is 3.97. The van der Waals surface area contributed by atoms with E-state index in [9.17, 15) is 9.59 Å². The molecular formula is C19H19ClN4O2. The molecule has 134 valence electrons. The highest BCUT2D eigenvalue weighted by Gasteiger charge is 2.11. The van der Waals surface area contributed by atoms with Crippen molar-refractivity contribution in [2.45, 2.75) is 13.5 Å². The average Bonchev–Trinajstić information content (AvgIpc) is 2.58. The van der Waals surface area contributed by atoms with Crippen molar-refractivity contribution in [3.05, 3.63) is 69.2 Å². The van der Waals surface area contributed by atoms with E-state index in [4.69, 9.17) is 11.6 Å². The van der Waals surface area contributed by atoms with Gasteiger partial charge in [-0.2, -0.15) is 0 Å². The van der Waals surface area contributed by atoms with Gasteiger partial charge in [0.1, 0.15) is 5.82 Å². The zero-order valence-corrected chi connectivity index (χ0v) is 15.3. The molecule has 0 aliphatic carbocycles. The number of para-hydroxylation sites is 1. The van der Waals surface area contributed by atoms with Gasteiger partial charge in [-0.25, -0.2) is 4.98 Å². The second-order valence-corrected chi connectivity index (χ2v) is 6.65. The number of benzene rings is 2. The number of likely N-dealkylation sites (N-methyl/N-ethyl adjacent to an activating group) is 1. The van der Waals surface area contributed by atoms with Gasteiger partial charge in [-0.1, -0.05) is 29.8 Å². The highest BCUT2D eigenvalue weighted by Crippen LogP contribution is 2.20. The number of aromatic amines is 1. The molecule has 1 aromatic heterocycles. The number of H-pyrrole nitrogens is 1. The molecule has 7 heteroatoms. The lowest BCUT2D eigenvalue weighted by molar-refractivity contribution is -0.117. The normalized spacial score (nSPS) is 11.1. The number of aryl methyl sites for hydroxylation is 1. The summed E-state index contributed by atoms with van der Waals surface area (Å²) in [5.74, 6) is 0.351. The Morgan fingerprint density at radius 1 is 1.27 bits per heavy atom. The molecule has 0 saturated carbocycles. The molecule has 0 aliphatic heterocycles. The molecule has 0 atom stereocenters. The fraction of sp³-hybridized carbons (Fsp3) is 0.211. The number of hydrogen-bond donors (Lipinski definition) is 2. The van der Waals surface area contributed by atoms with Crippen LogP contribution >= 0.6 is 11.6 Å². The van der Waals surface area contributed by atoms with Crippen LogP contribution in [0.25, 0.3) is 10.9 Å². The van der Waals surface area contributed by atoms with Crippen molar-refractivity contribution in [2.75, 3.05) is 18.9 Å². The van der Waals surface area contributed by atoms with Crippen molar-refractivity contribution in [1.29, 1.82) is 0 Å². The minimum absolute atomic E-state index is 0.155. The fourth-order valence-corrected chi connectivity index (χ4v) is 2.86. The number of anilines is 1. The molecule has 0 bridgehead atoms. The molecule has 26 heavy (non-hydrogen) atoms.